The maximum absolute atomic E-state index is 13.9. The van der Waals surface area contributed by atoms with Crippen LogP contribution in [-0.4, -0.2) is 4.98 Å². The normalized spacial score (nSPS) is 13.3. The van der Waals surface area contributed by atoms with E-state index in [1.807, 2.05) is 36.4 Å². The van der Waals surface area contributed by atoms with Crippen molar-refractivity contribution in [2.24, 2.45) is 0 Å². The molecule has 1 aliphatic carbocycles. The molecule has 1 aliphatic rings. The fourth-order valence-electron chi connectivity index (χ4n) is 6.86. The third-order valence-corrected chi connectivity index (χ3v) is 8.94. The van der Waals surface area contributed by atoms with Crippen molar-refractivity contribution in [2.45, 2.75) is 19.3 Å². The summed E-state index contributed by atoms with van der Waals surface area (Å²) in [7, 11) is 0. The van der Waals surface area contributed by atoms with Crippen LogP contribution in [-0.2, 0) is 5.41 Å². The maximum atomic E-state index is 13.9. The first kappa shape index (κ1) is 24.5. The molecule has 8 rings (SSSR count). The highest BCUT2D eigenvalue weighted by molar-refractivity contribution is 6.25. The number of rotatable bonds is 2. The second kappa shape index (κ2) is 8.83. The molecule has 0 spiro atoms. The smallest absolute Gasteiger partial charge is 0.123 e. The summed E-state index contributed by atoms with van der Waals surface area (Å²) in [6.45, 7) is 4.48. The first-order valence-corrected chi connectivity index (χ1v) is 14.1. The van der Waals surface area contributed by atoms with Crippen LogP contribution in [0.2, 0.25) is 0 Å². The topological polar surface area (TPSA) is 36.7 Å². The highest BCUT2D eigenvalue weighted by atomic mass is 19.1. The van der Waals surface area contributed by atoms with Gasteiger partial charge >= 0.3 is 0 Å². The van der Waals surface area contributed by atoms with E-state index < -0.39 is 0 Å². The Morgan fingerprint density at radius 3 is 2.02 bits per heavy atom. The van der Waals surface area contributed by atoms with Crippen LogP contribution < -0.4 is 0 Å². The Labute approximate surface area is 243 Å². The molecule has 0 atom stereocenters. The predicted octanol–water partition coefficient (Wildman–Crippen LogP) is 10.2. The summed E-state index contributed by atoms with van der Waals surface area (Å²) in [6.07, 6.45) is 0. The molecule has 0 saturated heterocycles. The highest BCUT2D eigenvalue weighted by Gasteiger charge is 2.36. The third kappa shape index (κ3) is 3.45. The van der Waals surface area contributed by atoms with Gasteiger partial charge < -0.3 is 0 Å². The Hall–Kier alpha value is -5.33. The number of pyridine rings is 1. The van der Waals surface area contributed by atoms with Gasteiger partial charge in [0.05, 0.1) is 22.8 Å². The molecule has 0 amide bonds. The van der Waals surface area contributed by atoms with Gasteiger partial charge in [-0.05, 0) is 98.8 Å². The van der Waals surface area contributed by atoms with E-state index in [1.165, 1.54) is 39.8 Å². The molecule has 6 aromatic carbocycles. The monoisotopic (exact) mass is 540 g/mol. The first-order valence-electron chi connectivity index (χ1n) is 14.1. The predicted molar refractivity (Wildman–Crippen MR) is 170 cm³/mol. The number of para-hydroxylation sites is 1. The van der Waals surface area contributed by atoms with E-state index in [-0.39, 0.29) is 11.2 Å². The Morgan fingerprint density at radius 1 is 0.619 bits per heavy atom. The van der Waals surface area contributed by atoms with Crippen LogP contribution in [0.25, 0.3) is 66.0 Å². The van der Waals surface area contributed by atoms with Gasteiger partial charge in [0.25, 0.3) is 0 Å². The van der Waals surface area contributed by atoms with E-state index >= 15 is 0 Å². The van der Waals surface area contributed by atoms with E-state index in [0.29, 0.717) is 5.56 Å². The molecule has 0 fully saturated rings. The lowest BCUT2D eigenvalue weighted by molar-refractivity contribution is 0.628. The van der Waals surface area contributed by atoms with Crippen molar-refractivity contribution in [1.29, 1.82) is 5.26 Å². The number of benzene rings is 6. The fraction of sp³-hybridized carbons (Fsp3) is 0.0769. The van der Waals surface area contributed by atoms with Gasteiger partial charge in [-0.25, -0.2) is 9.37 Å². The number of nitrogens with zero attached hydrogens (tertiary/aromatic N) is 2. The van der Waals surface area contributed by atoms with Crippen LogP contribution in [0.3, 0.4) is 0 Å². The molecule has 0 N–H and O–H groups in total. The minimum absolute atomic E-state index is 0.239. The Kier molecular flexibility index (Phi) is 5.15. The highest BCUT2D eigenvalue weighted by Crippen LogP contribution is 2.51. The molecule has 1 heterocycles. The lowest BCUT2D eigenvalue weighted by Crippen LogP contribution is -2.15. The summed E-state index contributed by atoms with van der Waals surface area (Å²) in [5, 5.41) is 15.2. The van der Waals surface area contributed by atoms with E-state index in [4.69, 9.17) is 4.98 Å². The summed E-state index contributed by atoms with van der Waals surface area (Å²) < 4.78 is 13.9. The van der Waals surface area contributed by atoms with Crippen LogP contribution >= 0.6 is 0 Å². The molecule has 7 aromatic rings. The van der Waals surface area contributed by atoms with Crippen LogP contribution in [0, 0.1) is 17.1 Å². The largest absolute Gasteiger partial charge is 0.247 e. The minimum atomic E-state index is -0.265. The van der Waals surface area contributed by atoms with Crippen LogP contribution in [0.4, 0.5) is 4.39 Å². The molecule has 198 valence electrons. The van der Waals surface area contributed by atoms with Gasteiger partial charge in [-0.2, -0.15) is 5.26 Å². The van der Waals surface area contributed by atoms with E-state index in [0.717, 1.165) is 49.4 Å². The van der Waals surface area contributed by atoms with Crippen LogP contribution in [0.15, 0.2) is 115 Å². The number of fused-ring (bicyclic) bond motifs is 8. The lowest BCUT2D eigenvalue weighted by Gasteiger charge is -2.22. The molecular formula is C39H25FN2. The fourth-order valence-corrected chi connectivity index (χ4v) is 6.86. The van der Waals surface area contributed by atoms with Crippen LogP contribution in [0.1, 0.15) is 30.5 Å². The van der Waals surface area contributed by atoms with Gasteiger partial charge in [0.15, 0.2) is 0 Å². The molecular weight excluding hydrogens is 515 g/mol. The Bertz CT molecular complexity index is 2290. The van der Waals surface area contributed by atoms with Gasteiger partial charge in [0.2, 0.25) is 0 Å². The second-order valence-electron chi connectivity index (χ2n) is 11.6. The van der Waals surface area contributed by atoms with Gasteiger partial charge in [-0.3, -0.25) is 0 Å². The van der Waals surface area contributed by atoms with Crippen molar-refractivity contribution < 1.29 is 4.39 Å². The molecule has 0 unspecified atom stereocenters. The van der Waals surface area contributed by atoms with Gasteiger partial charge in [0.1, 0.15) is 5.82 Å². The van der Waals surface area contributed by atoms with Crippen molar-refractivity contribution in [3.05, 3.63) is 138 Å². The quantitative estimate of drug-likeness (QED) is 0.205. The van der Waals surface area contributed by atoms with Gasteiger partial charge in [0, 0.05) is 27.1 Å². The zero-order valence-corrected chi connectivity index (χ0v) is 23.2. The van der Waals surface area contributed by atoms with E-state index in [9.17, 15) is 9.65 Å². The Balaban J connectivity index is 1.45. The average Bonchev–Trinajstić information content (AvgIpc) is 3.25. The first-order chi connectivity index (χ1) is 20.4. The van der Waals surface area contributed by atoms with Crippen molar-refractivity contribution in [1.82, 2.24) is 4.98 Å². The Morgan fingerprint density at radius 2 is 1.26 bits per heavy atom. The molecule has 0 saturated carbocycles. The maximum Gasteiger partial charge on any atom is 0.123 e. The lowest BCUT2D eigenvalue weighted by atomic mass is 9.80. The zero-order chi connectivity index (χ0) is 28.6. The average molecular weight is 541 g/mol. The SMILES string of the molecule is CC1(C)c2cc(C#N)ccc2-c2ccc(-c3cc4c(-c5ccc(F)cc5)nc5ccccc5c4c4ccccc34)cc21. The number of hydrogen-bond donors (Lipinski definition) is 0. The zero-order valence-electron chi connectivity index (χ0n) is 23.2. The number of aromatic nitrogens is 1. The van der Waals surface area contributed by atoms with E-state index in [1.54, 1.807) is 0 Å². The molecule has 0 radical (unpaired) electrons. The molecule has 0 aliphatic heterocycles. The summed E-state index contributed by atoms with van der Waals surface area (Å²) >= 11 is 0. The number of halogens is 1. The van der Waals surface area contributed by atoms with Crippen molar-refractivity contribution in [3.63, 3.8) is 0 Å². The molecule has 42 heavy (non-hydrogen) atoms. The molecule has 2 nitrogen and oxygen atoms in total. The number of nitriles is 1. The molecule has 0 bridgehead atoms. The van der Waals surface area contributed by atoms with Gasteiger partial charge in [-0.1, -0.05) is 74.5 Å². The summed E-state index contributed by atoms with van der Waals surface area (Å²) in [4.78, 5) is 5.12. The van der Waals surface area contributed by atoms with Crippen molar-refractivity contribution >= 4 is 32.4 Å². The summed E-state index contributed by atoms with van der Waals surface area (Å²) in [5.74, 6) is -0.265. The van der Waals surface area contributed by atoms with Crippen molar-refractivity contribution in [2.75, 3.05) is 0 Å². The summed E-state index contributed by atoms with van der Waals surface area (Å²) in [6, 6.07) is 40.8. The second-order valence-corrected chi connectivity index (χ2v) is 11.6. The van der Waals surface area contributed by atoms with Gasteiger partial charge in [-0.15, -0.1) is 0 Å². The van der Waals surface area contributed by atoms with E-state index in [2.05, 4.69) is 86.6 Å². The minimum Gasteiger partial charge on any atom is -0.247 e. The molecule has 1 aromatic heterocycles. The standard InChI is InChI=1S/C39H25FN2/c1-39(2)34-19-23(22-41)11-17-28(34)29-18-14-25(20-35(29)39)32-21-33-37(30-8-4-3-7-27(30)32)31-9-5-6-10-36(31)42-38(33)24-12-15-26(40)16-13-24/h3-21H,1-2H3. The third-order valence-electron chi connectivity index (χ3n) is 8.94. The van der Waals surface area contributed by atoms with Crippen LogP contribution in [0.5, 0.6) is 0 Å². The van der Waals surface area contributed by atoms with Crippen molar-refractivity contribution in [3.8, 4) is 39.6 Å². The number of hydrogen-bond acceptors (Lipinski definition) is 2. The summed E-state index contributed by atoms with van der Waals surface area (Å²) in [5.41, 5.74) is 10.2. The molecule has 3 heteroatoms.